The Balaban J connectivity index is 1.52. The van der Waals surface area contributed by atoms with Crippen molar-refractivity contribution in [1.82, 2.24) is 14.9 Å². The van der Waals surface area contributed by atoms with Crippen molar-refractivity contribution >= 4 is 45.8 Å². The maximum absolute atomic E-state index is 12.4. The van der Waals surface area contributed by atoms with Crippen LogP contribution in [0.15, 0.2) is 42.5 Å². The first-order valence-corrected chi connectivity index (χ1v) is 9.78. The van der Waals surface area contributed by atoms with Gasteiger partial charge in [-0.3, -0.25) is 9.59 Å². The molecule has 0 aliphatic heterocycles. The fourth-order valence-electron chi connectivity index (χ4n) is 3.00. The third kappa shape index (κ3) is 4.86. The molecule has 2 N–H and O–H groups in total. The molecule has 0 saturated heterocycles. The van der Waals surface area contributed by atoms with E-state index in [0.717, 1.165) is 16.9 Å². The van der Waals surface area contributed by atoms with E-state index >= 15 is 0 Å². The van der Waals surface area contributed by atoms with Crippen LogP contribution in [0.25, 0.3) is 11.0 Å². The van der Waals surface area contributed by atoms with E-state index in [1.165, 1.54) is 0 Å². The van der Waals surface area contributed by atoms with Gasteiger partial charge in [0.15, 0.2) is 0 Å². The Bertz CT molecular complexity index is 1030. The van der Waals surface area contributed by atoms with Gasteiger partial charge in [0.05, 0.1) is 11.0 Å². The van der Waals surface area contributed by atoms with E-state index in [1.807, 2.05) is 60.8 Å². The van der Waals surface area contributed by atoms with Gasteiger partial charge in [-0.2, -0.15) is 0 Å². The molecular formula is C21H24ClN5O2. The van der Waals surface area contributed by atoms with Crippen LogP contribution < -0.4 is 15.5 Å². The first-order chi connectivity index (χ1) is 13.9. The Kier molecular flexibility index (Phi) is 6.39. The van der Waals surface area contributed by atoms with Gasteiger partial charge in [-0.1, -0.05) is 0 Å². The lowest BCUT2D eigenvalue weighted by Crippen LogP contribution is -2.27. The van der Waals surface area contributed by atoms with Crippen molar-refractivity contribution in [3.05, 3.63) is 53.3 Å². The number of fused-ring (bicyclic) bond motifs is 1. The van der Waals surface area contributed by atoms with E-state index < -0.39 is 0 Å². The summed E-state index contributed by atoms with van der Waals surface area (Å²) in [4.78, 5) is 30.7. The van der Waals surface area contributed by atoms with Gasteiger partial charge in [0.1, 0.15) is 0 Å². The Morgan fingerprint density at radius 3 is 2.52 bits per heavy atom. The number of nitrogens with one attached hydrogen (secondary N) is 2. The second-order valence-corrected chi connectivity index (χ2v) is 7.16. The van der Waals surface area contributed by atoms with E-state index in [0.29, 0.717) is 22.9 Å². The van der Waals surface area contributed by atoms with Gasteiger partial charge in [-0.15, -0.1) is 0 Å². The summed E-state index contributed by atoms with van der Waals surface area (Å²) in [5.74, 6) is -0.413. The first kappa shape index (κ1) is 20.7. The van der Waals surface area contributed by atoms with Crippen LogP contribution in [-0.2, 0) is 11.3 Å². The highest BCUT2D eigenvalue weighted by Gasteiger charge is 2.12. The summed E-state index contributed by atoms with van der Waals surface area (Å²) in [7, 11) is 3.91. The maximum Gasteiger partial charge on any atom is 0.251 e. The van der Waals surface area contributed by atoms with E-state index in [2.05, 4.69) is 15.6 Å². The van der Waals surface area contributed by atoms with Crippen molar-refractivity contribution in [2.75, 3.05) is 30.9 Å². The Hall–Kier alpha value is -3.06. The van der Waals surface area contributed by atoms with Gasteiger partial charge >= 0.3 is 0 Å². The summed E-state index contributed by atoms with van der Waals surface area (Å²) in [6, 6.07) is 12.8. The monoisotopic (exact) mass is 413 g/mol. The molecule has 0 fully saturated rings. The van der Waals surface area contributed by atoms with Crippen molar-refractivity contribution in [1.29, 1.82) is 0 Å². The van der Waals surface area contributed by atoms with Crippen LogP contribution >= 0.6 is 11.6 Å². The number of imidazole rings is 1. The lowest BCUT2D eigenvalue weighted by atomic mass is 10.2. The second kappa shape index (κ2) is 8.96. The summed E-state index contributed by atoms with van der Waals surface area (Å²) in [5.41, 5.74) is 3.81. The number of hydrogen-bond acceptors (Lipinski definition) is 4. The van der Waals surface area contributed by atoms with Gasteiger partial charge in [0, 0.05) is 50.5 Å². The van der Waals surface area contributed by atoms with Gasteiger partial charge < -0.3 is 20.1 Å². The van der Waals surface area contributed by atoms with Crippen LogP contribution in [0.3, 0.4) is 0 Å². The smallest absolute Gasteiger partial charge is 0.251 e. The number of hydrogen-bond donors (Lipinski definition) is 2. The zero-order valence-corrected chi connectivity index (χ0v) is 17.5. The van der Waals surface area contributed by atoms with Crippen LogP contribution in [0, 0.1) is 0 Å². The first-order valence-electron chi connectivity index (χ1n) is 9.40. The molecule has 7 nitrogen and oxygen atoms in total. The van der Waals surface area contributed by atoms with Crippen LogP contribution in [-0.4, -0.2) is 42.0 Å². The maximum atomic E-state index is 12.4. The van der Waals surface area contributed by atoms with Crippen molar-refractivity contribution < 1.29 is 9.59 Å². The molecular weight excluding hydrogens is 390 g/mol. The average Bonchev–Trinajstić information content (AvgIpc) is 3.02. The minimum atomic E-state index is -0.253. The van der Waals surface area contributed by atoms with Gasteiger partial charge in [0.25, 0.3) is 5.91 Å². The third-order valence-corrected chi connectivity index (χ3v) is 4.87. The molecule has 29 heavy (non-hydrogen) atoms. The van der Waals surface area contributed by atoms with Crippen LogP contribution in [0.4, 0.5) is 11.4 Å². The summed E-state index contributed by atoms with van der Waals surface area (Å²) in [5, 5.41) is 5.99. The number of nitrogens with zero attached hydrogens (tertiary/aromatic N) is 3. The van der Waals surface area contributed by atoms with Gasteiger partial charge in [-0.05, 0) is 61.0 Å². The lowest BCUT2D eigenvalue weighted by molar-refractivity contribution is -0.116. The number of halogens is 1. The average molecular weight is 414 g/mol. The van der Waals surface area contributed by atoms with Crippen LogP contribution in [0.5, 0.6) is 0 Å². The standard InChI is InChI=1S/C21H24ClN5O2/c1-4-27-18-10-5-14(13-17(18)25-21(27)22)20(29)23-12-11-19(28)24-15-6-8-16(9-7-15)26(2)3/h5-10,13H,4,11-12H2,1-3H3,(H,23,29)(H,24,28). The topological polar surface area (TPSA) is 79.3 Å². The number of amides is 2. The van der Waals surface area contributed by atoms with Crippen molar-refractivity contribution in [3.63, 3.8) is 0 Å². The molecule has 2 amide bonds. The summed E-state index contributed by atoms with van der Waals surface area (Å²) in [6.07, 6.45) is 0.180. The number of aromatic nitrogens is 2. The second-order valence-electron chi connectivity index (χ2n) is 6.82. The quantitative estimate of drug-likeness (QED) is 0.621. The number of rotatable bonds is 7. The molecule has 0 unspecified atom stereocenters. The molecule has 152 valence electrons. The Morgan fingerprint density at radius 2 is 1.86 bits per heavy atom. The highest BCUT2D eigenvalue weighted by molar-refractivity contribution is 6.29. The zero-order valence-electron chi connectivity index (χ0n) is 16.7. The lowest BCUT2D eigenvalue weighted by Gasteiger charge is -2.13. The molecule has 0 saturated carbocycles. The molecule has 1 aromatic heterocycles. The largest absolute Gasteiger partial charge is 0.378 e. The predicted molar refractivity (Wildman–Crippen MR) is 117 cm³/mol. The SMILES string of the molecule is CCn1c(Cl)nc2cc(C(=O)NCCC(=O)Nc3ccc(N(C)C)cc3)ccc21. The number of anilines is 2. The molecule has 0 bridgehead atoms. The zero-order chi connectivity index (χ0) is 21.0. The fourth-order valence-corrected chi connectivity index (χ4v) is 3.30. The highest BCUT2D eigenvalue weighted by atomic mass is 35.5. The molecule has 1 heterocycles. The molecule has 0 radical (unpaired) electrons. The summed E-state index contributed by atoms with van der Waals surface area (Å²) >= 11 is 6.11. The van der Waals surface area contributed by atoms with E-state index in [1.54, 1.807) is 12.1 Å². The number of aryl methyl sites for hydroxylation is 1. The predicted octanol–water partition coefficient (Wildman–Crippen LogP) is 3.53. The minimum Gasteiger partial charge on any atom is -0.378 e. The molecule has 8 heteroatoms. The molecule has 2 aromatic carbocycles. The molecule has 3 rings (SSSR count). The number of carbonyl (C=O) groups excluding carboxylic acids is 2. The van der Waals surface area contributed by atoms with E-state index in [4.69, 9.17) is 11.6 Å². The molecule has 0 aliphatic rings. The van der Waals surface area contributed by atoms with E-state index in [9.17, 15) is 9.59 Å². The Labute approximate surface area is 174 Å². The van der Waals surface area contributed by atoms with Crippen molar-refractivity contribution in [3.8, 4) is 0 Å². The van der Waals surface area contributed by atoms with Crippen LogP contribution in [0.1, 0.15) is 23.7 Å². The minimum absolute atomic E-state index is 0.160. The molecule has 0 spiro atoms. The van der Waals surface area contributed by atoms with Gasteiger partial charge in [-0.25, -0.2) is 4.98 Å². The van der Waals surface area contributed by atoms with Crippen molar-refractivity contribution in [2.24, 2.45) is 0 Å². The molecule has 3 aromatic rings. The number of benzene rings is 2. The normalized spacial score (nSPS) is 10.8. The van der Waals surface area contributed by atoms with Gasteiger partial charge in [0.2, 0.25) is 11.2 Å². The molecule has 0 atom stereocenters. The van der Waals surface area contributed by atoms with Crippen molar-refractivity contribution in [2.45, 2.75) is 19.9 Å². The van der Waals surface area contributed by atoms with Crippen LogP contribution in [0.2, 0.25) is 5.28 Å². The highest BCUT2D eigenvalue weighted by Crippen LogP contribution is 2.21. The Morgan fingerprint density at radius 1 is 1.14 bits per heavy atom. The molecule has 0 aliphatic carbocycles. The fraction of sp³-hybridized carbons (Fsp3) is 0.286. The van der Waals surface area contributed by atoms with E-state index in [-0.39, 0.29) is 24.8 Å². The number of carbonyl (C=O) groups is 2. The third-order valence-electron chi connectivity index (χ3n) is 4.59. The summed E-state index contributed by atoms with van der Waals surface area (Å²) < 4.78 is 1.87. The summed E-state index contributed by atoms with van der Waals surface area (Å²) in [6.45, 7) is 2.92.